The fourth-order valence-electron chi connectivity index (χ4n) is 4.14. The van der Waals surface area contributed by atoms with Crippen molar-refractivity contribution in [1.82, 2.24) is 9.80 Å². The monoisotopic (exact) mass is 470 g/mol. The van der Waals surface area contributed by atoms with E-state index >= 15 is 0 Å². The van der Waals surface area contributed by atoms with E-state index in [0.29, 0.717) is 23.7 Å². The Balaban J connectivity index is 1.60. The highest BCUT2D eigenvalue weighted by molar-refractivity contribution is 7.10. The second kappa shape index (κ2) is 9.84. The molecule has 3 aromatic rings. The molecule has 0 spiro atoms. The second-order valence-electron chi connectivity index (χ2n) is 7.82. The van der Waals surface area contributed by atoms with E-state index < -0.39 is 0 Å². The molecule has 1 atom stereocenters. The molecule has 4 rings (SSSR count). The van der Waals surface area contributed by atoms with Crippen LogP contribution in [0.1, 0.15) is 45.7 Å². The topological polar surface area (TPSA) is 40.6 Å². The normalized spacial score (nSPS) is 15.3. The van der Waals surface area contributed by atoms with Gasteiger partial charge in [-0.3, -0.25) is 9.59 Å². The standard InChI is InChI=1S/C25H24ClFN2O2S/c1-2-13-28(25(31)18-3-7-19(26)8-4-18)16-23(30)29-14-11-22-21(12-15-32-22)24(29)17-5-9-20(27)10-6-17/h3-10,12,15,24H,2,11,13-14,16H2,1H3. The van der Waals surface area contributed by atoms with Gasteiger partial charge in [-0.1, -0.05) is 30.7 Å². The van der Waals surface area contributed by atoms with Gasteiger partial charge >= 0.3 is 0 Å². The summed E-state index contributed by atoms with van der Waals surface area (Å²) in [5, 5.41) is 2.59. The van der Waals surface area contributed by atoms with Crippen LogP contribution in [-0.4, -0.2) is 41.2 Å². The number of nitrogens with zero attached hydrogens (tertiary/aromatic N) is 2. The molecule has 2 aromatic carbocycles. The zero-order valence-electron chi connectivity index (χ0n) is 17.8. The van der Waals surface area contributed by atoms with E-state index in [0.717, 1.165) is 24.0 Å². The van der Waals surface area contributed by atoms with Gasteiger partial charge in [0.2, 0.25) is 5.91 Å². The van der Waals surface area contributed by atoms with E-state index in [4.69, 9.17) is 11.6 Å². The van der Waals surface area contributed by atoms with Crippen molar-refractivity contribution in [1.29, 1.82) is 0 Å². The molecule has 0 saturated heterocycles. The Kier molecular flexibility index (Phi) is 6.92. The number of rotatable bonds is 6. The van der Waals surface area contributed by atoms with Crippen LogP contribution in [0.25, 0.3) is 0 Å². The molecule has 2 heterocycles. The Morgan fingerprint density at radius 3 is 2.53 bits per heavy atom. The fourth-order valence-corrected chi connectivity index (χ4v) is 5.17. The number of benzene rings is 2. The van der Waals surface area contributed by atoms with Crippen molar-refractivity contribution in [2.45, 2.75) is 25.8 Å². The number of carbonyl (C=O) groups is 2. The van der Waals surface area contributed by atoms with Crippen LogP contribution in [0.2, 0.25) is 5.02 Å². The van der Waals surface area contributed by atoms with E-state index in [9.17, 15) is 14.0 Å². The van der Waals surface area contributed by atoms with E-state index in [1.54, 1.807) is 52.6 Å². The van der Waals surface area contributed by atoms with Gasteiger partial charge in [0.05, 0.1) is 6.04 Å². The third kappa shape index (κ3) is 4.71. The lowest BCUT2D eigenvalue weighted by Crippen LogP contribution is -2.47. The maximum atomic E-state index is 13.5. The quantitative estimate of drug-likeness (QED) is 0.472. The molecule has 1 unspecified atom stereocenters. The van der Waals surface area contributed by atoms with Gasteiger partial charge in [0.1, 0.15) is 12.4 Å². The molecule has 0 aliphatic carbocycles. The molecule has 2 amide bonds. The minimum Gasteiger partial charge on any atom is -0.330 e. The van der Waals surface area contributed by atoms with Gasteiger partial charge in [-0.05, 0) is 71.8 Å². The molecule has 32 heavy (non-hydrogen) atoms. The fraction of sp³-hybridized carbons (Fsp3) is 0.280. The highest BCUT2D eigenvalue weighted by Crippen LogP contribution is 2.38. The summed E-state index contributed by atoms with van der Waals surface area (Å²) in [7, 11) is 0. The van der Waals surface area contributed by atoms with Crippen molar-refractivity contribution in [2.24, 2.45) is 0 Å². The van der Waals surface area contributed by atoms with Gasteiger partial charge in [0, 0.05) is 28.6 Å². The first-order valence-corrected chi connectivity index (χ1v) is 11.9. The minimum absolute atomic E-state index is 0.00748. The Hall–Kier alpha value is -2.70. The van der Waals surface area contributed by atoms with Crippen LogP contribution in [0.5, 0.6) is 0 Å². The molecule has 4 nitrogen and oxygen atoms in total. The van der Waals surface area contributed by atoms with Gasteiger partial charge in [-0.25, -0.2) is 4.39 Å². The van der Waals surface area contributed by atoms with Crippen molar-refractivity contribution in [3.63, 3.8) is 0 Å². The third-order valence-corrected chi connectivity index (χ3v) is 6.92. The van der Waals surface area contributed by atoms with Crippen LogP contribution >= 0.6 is 22.9 Å². The first-order chi connectivity index (χ1) is 15.5. The molecule has 1 aliphatic rings. The summed E-state index contributed by atoms with van der Waals surface area (Å²) in [4.78, 5) is 31.2. The Morgan fingerprint density at radius 2 is 1.84 bits per heavy atom. The average Bonchev–Trinajstić information content (AvgIpc) is 3.28. The summed E-state index contributed by atoms with van der Waals surface area (Å²) in [6.07, 6.45) is 1.51. The molecular weight excluding hydrogens is 447 g/mol. The van der Waals surface area contributed by atoms with Gasteiger partial charge in [0.25, 0.3) is 5.91 Å². The Labute approximate surface area is 196 Å². The largest absolute Gasteiger partial charge is 0.330 e. The van der Waals surface area contributed by atoms with Crippen LogP contribution < -0.4 is 0 Å². The van der Waals surface area contributed by atoms with Crippen LogP contribution in [0, 0.1) is 5.82 Å². The molecule has 0 bridgehead atoms. The number of carbonyl (C=O) groups excluding carboxylic acids is 2. The number of hydrogen-bond donors (Lipinski definition) is 0. The summed E-state index contributed by atoms with van der Waals surface area (Å²) in [5.41, 5.74) is 2.45. The van der Waals surface area contributed by atoms with E-state index in [-0.39, 0.29) is 30.2 Å². The number of halogens is 2. The minimum atomic E-state index is -0.310. The van der Waals surface area contributed by atoms with Gasteiger partial charge < -0.3 is 9.80 Å². The first-order valence-electron chi connectivity index (χ1n) is 10.6. The van der Waals surface area contributed by atoms with Crippen LogP contribution in [0.3, 0.4) is 0 Å². The summed E-state index contributed by atoms with van der Waals surface area (Å²) in [5.74, 6) is -0.619. The molecular formula is C25H24ClFN2O2S. The number of amides is 2. The third-order valence-electron chi connectivity index (χ3n) is 5.67. The summed E-state index contributed by atoms with van der Waals surface area (Å²) in [6, 6.07) is 14.8. The zero-order chi connectivity index (χ0) is 22.7. The molecule has 1 aromatic heterocycles. The summed E-state index contributed by atoms with van der Waals surface area (Å²) in [6.45, 7) is 3.01. The van der Waals surface area contributed by atoms with E-state index in [2.05, 4.69) is 0 Å². The second-order valence-corrected chi connectivity index (χ2v) is 9.26. The Bertz CT molecular complexity index is 1100. The van der Waals surface area contributed by atoms with Crippen molar-refractivity contribution in [3.05, 3.63) is 92.4 Å². The molecule has 0 N–H and O–H groups in total. The van der Waals surface area contributed by atoms with Gasteiger partial charge in [-0.2, -0.15) is 0 Å². The van der Waals surface area contributed by atoms with Crippen molar-refractivity contribution in [2.75, 3.05) is 19.6 Å². The Morgan fingerprint density at radius 1 is 1.12 bits per heavy atom. The number of hydrogen-bond acceptors (Lipinski definition) is 3. The molecule has 166 valence electrons. The summed E-state index contributed by atoms with van der Waals surface area (Å²) < 4.78 is 13.5. The van der Waals surface area contributed by atoms with E-state index in [1.165, 1.54) is 17.0 Å². The predicted molar refractivity (Wildman–Crippen MR) is 126 cm³/mol. The zero-order valence-corrected chi connectivity index (χ0v) is 19.3. The molecule has 1 aliphatic heterocycles. The molecule has 0 radical (unpaired) electrons. The predicted octanol–water partition coefficient (Wildman–Crippen LogP) is 5.57. The SMILES string of the molecule is CCCN(CC(=O)N1CCc2sccc2C1c1ccc(F)cc1)C(=O)c1ccc(Cl)cc1. The van der Waals surface area contributed by atoms with Crippen LogP contribution in [0.15, 0.2) is 60.0 Å². The van der Waals surface area contributed by atoms with Gasteiger partial charge in [-0.15, -0.1) is 11.3 Å². The summed E-state index contributed by atoms with van der Waals surface area (Å²) >= 11 is 7.63. The highest BCUT2D eigenvalue weighted by atomic mass is 35.5. The number of thiophene rings is 1. The van der Waals surface area contributed by atoms with E-state index in [1.807, 2.05) is 23.3 Å². The van der Waals surface area contributed by atoms with Crippen LogP contribution in [-0.2, 0) is 11.2 Å². The molecule has 7 heteroatoms. The maximum Gasteiger partial charge on any atom is 0.254 e. The number of fused-ring (bicyclic) bond motifs is 1. The maximum absolute atomic E-state index is 13.5. The lowest BCUT2D eigenvalue weighted by atomic mass is 9.93. The smallest absolute Gasteiger partial charge is 0.254 e. The van der Waals surface area contributed by atoms with Crippen molar-refractivity contribution in [3.8, 4) is 0 Å². The molecule has 0 fully saturated rings. The lowest BCUT2D eigenvalue weighted by Gasteiger charge is -2.37. The van der Waals surface area contributed by atoms with Gasteiger partial charge in [0.15, 0.2) is 0 Å². The highest BCUT2D eigenvalue weighted by Gasteiger charge is 2.34. The first kappa shape index (κ1) is 22.5. The lowest BCUT2D eigenvalue weighted by molar-refractivity contribution is -0.134. The van der Waals surface area contributed by atoms with Crippen molar-refractivity contribution < 1.29 is 14.0 Å². The average molecular weight is 471 g/mol. The molecule has 0 saturated carbocycles. The van der Waals surface area contributed by atoms with Crippen LogP contribution in [0.4, 0.5) is 4.39 Å². The van der Waals surface area contributed by atoms with Crippen molar-refractivity contribution >= 4 is 34.8 Å².